The number of ether oxygens (including phenoxy) is 1. The van der Waals surface area contributed by atoms with Crippen molar-refractivity contribution in [1.29, 1.82) is 0 Å². The topological polar surface area (TPSA) is 68.5 Å². The Morgan fingerprint density at radius 1 is 1.33 bits per heavy atom. The molecule has 0 aliphatic rings. The molecule has 2 aromatic rings. The van der Waals surface area contributed by atoms with E-state index >= 15 is 0 Å². The Bertz CT molecular complexity index is 624. The van der Waals surface area contributed by atoms with Crippen molar-refractivity contribution in [2.24, 2.45) is 0 Å². The van der Waals surface area contributed by atoms with Crippen molar-refractivity contribution in [3.8, 4) is 0 Å². The molecule has 1 aromatic heterocycles. The first-order valence-electron chi connectivity index (χ1n) is 6.33. The second kappa shape index (κ2) is 7.08. The van der Waals surface area contributed by atoms with Gasteiger partial charge in [-0.05, 0) is 37.3 Å². The van der Waals surface area contributed by atoms with Gasteiger partial charge in [0.2, 0.25) is 0 Å². The molecular weight excluding hydrogens is 338 g/mol. The standard InChI is InChI=1S/C15H14BrNO4/c1-10(14(18)17-9-13-6-3-7-20-13)21-15(19)11-4-2-5-12(16)8-11/h2-8,10H,9H2,1H3,(H,17,18)/t10-/m0/s1. The maximum Gasteiger partial charge on any atom is 0.338 e. The molecule has 0 spiro atoms. The number of hydrogen-bond donors (Lipinski definition) is 1. The van der Waals surface area contributed by atoms with E-state index in [0.29, 0.717) is 11.3 Å². The van der Waals surface area contributed by atoms with E-state index in [4.69, 9.17) is 9.15 Å². The van der Waals surface area contributed by atoms with Crippen LogP contribution in [0.2, 0.25) is 0 Å². The van der Waals surface area contributed by atoms with Crippen molar-refractivity contribution in [3.05, 3.63) is 58.5 Å². The lowest BCUT2D eigenvalue weighted by molar-refractivity contribution is -0.129. The van der Waals surface area contributed by atoms with Gasteiger partial charge in [-0.25, -0.2) is 4.79 Å². The van der Waals surface area contributed by atoms with E-state index in [1.807, 2.05) is 0 Å². The molecule has 1 heterocycles. The summed E-state index contributed by atoms with van der Waals surface area (Å²) < 4.78 is 11.0. The molecule has 0 bridgehead atoms. The highest BCUT2D eigenvalue weighted by molar-refractivity contribution is 9.10. The second-order valence-electron chi connectivity index (χ2n) is 4.36. The number of benzene rings is 1. The van der Waals surface area contributed by atoms with Crippen LogP contribution in [0.15, 0.2) is 51.6 Å². The average molecular weight is 352 g/mol. The molecule has 1 atom stereocenters. The van der Waals surface area contributed by atoms with Gasteiger partial charge < -0.3 is 14.5 Å². The van der Waals surface area contributed by atoms with Gasteiger partial charge in [-0.3, -0.25) is 4.79 Å². The second-order valence-corrected chi connectivity index (χ2v) is 5.27. The third-order valence-corrected chi connectivity index (χ3v) is 3.22. The molecule has 1 N–H and O–H groups in total. The first-order valence-corrected chi connectivity index (χ1v) is 7.12. The fourth-order valence-corrected chi connectivity index (χ4v) is 2.03. The summed E-state index contributed by atoms with van der Waals surface area (Å²) in [6, 6.07) is 10.3. The Hall–Kier alpha value is -2.08. The number of furan rings is 1. The van der Waals surface area contributed by atoms with Gasteiger partial charge in [-0.15, -0.1) is 0 Å². The summed E-state index contributed by atoms with van der Waals surface area (Å²) in [6.45, 7) is 1.78. The van der Waals surface area contributed by atoms with E-state index in [-0.39, 0.29) is 12.5 Å². The minimum atomic E-state index is -0.883. The van der Waals surface area contributed by atoms with Crippen LogP contribution in [0.4, 0.5) is 0 Å². The highest BCUT2D eigenvalue weighted by Gasteiger charge is 2.19. The monoisotopic (exact) mass is 351 g/mol. The van der Waals surface area contributed by atoms with Crippen LogP contribution in [-0.4, -0.2) is 18.0 Å². The van der Waals surface area contributed by atoms with E-state index in [9.17, 15) is 9.59 Å². The van der Waals surface area contributed by atoms with Crippen molar-refractivity contribution in [3.63, 3.8) is 0 Å². The van der Waals surface area contributed by atoms with E-state index in [2.05, 4.69) is 21.2 Å². The highest BCUT2D eigenvalue weighted by atomic mass is 79.9. The minimum absolute atomic E-state index is 0.255. The Morgan fingerprint density at radius 2 is 2.14 bits per heavy atom. The maximum absolute atomic E-state index is 11.9. The van der Waals surface area contributed by atoms with Crippen LogP contribution in [0.25, 0.3) is 0 Å². The molecular formula is C15H14BrNO4. The fourth-order valence-electron chi connectivity index (χ4n) is 1.63. The number of hydrogen-bond acceptors (Lipinski definition) is 4. The molecule has 6 heteroatoms. The van der Waals surface area contributed by atoms with Crippen molar-refractivity contribution >= 4 is 27.8 Å². The number of halogens is 1. The molecule has 0 aliphatic carbocycles. The van der Waals surface area contributed by atoms with Crippen molar-refractivity contribution in [1.82, 2.24) is 5.32 Å². The van der Waals surface area contributed by atoms with Crippen LogP contribution in [0, 0.1) is 0 Å². The van der Waals surface area contributed by atoms with Crippen molar-refractivity contribution in [2.75, 3.05) is 0 Å². The number of amides is 1. The minimum Gasteiger partial charge on any atom is -0.467 e. The molecule has 5 nitrogen and oxygen atoms in total. The zero-order valence-corrected chi connectivity index (χ0v) is 12.9. The van der Waals surface area contributed by atoms with Crippen LogP contribution in [0.3, 0.4) is 0 Å². The zero-order chi connectivity index (χ0) is 15.2. The van der Waals surface area contributed by atoms with Crippen LogP contribution >= 0.6 is 15.9 Å². The Labute approximate surface area is 130 Å². The Morgan fingerprint density at radius 3 is 2.81 bits per heavy atom. The predicted octanol–water partition coefficient (Wildman–Crippen LogP) is 2.90. The fraction of sp³-hybridized carbons (Fsp3) is 0.200. The summed E-state index contributed by atoms with van der Waals surface area (Å²) in [6.07, 6.45) is 0.643. The average Bonchev–Trinajstić information content (AvgIpc) is 2.97. The van der Waals surface area contributed by atoms with E-state index < -0.39 is 12.1 Å². The van der Waals surface area contributed by atoms with Crippen molar-refractivity contribution < 1.29 is 18.7 Å². The van der Waals surface area contributed by atoms with Gasteiger partial charge in [-0.2, -0.15) is 0 Å². The van der Waals surface area contributed by atoms with Gasteiger partial charge in [-0.1, -0.05) is 22.0 Å². The number of carbonyl (C=O) groups excluding carboxylic acids is 2. The number of nitrogens with one attached hydrogen (secondary N) is 1. The maximum atomic E-state index is 11.9. The molecule has 0 unspecified atom stereocenters. The summed E-state index contributed by atoms with van der Waals surface area (Å²) in [5.74, 6) is -0.291. The molecule has 0 aliphatic heterocycles. The molecule has 1 aromatic carbocycles. The molecule has 110 valence electrons. The zero-order valence-electron chi connectivity index (χ0n) is 11.3. The summed E-state index contributed by atoms with van der Waals surface area (Å²) in [4.78, 5) is 23.7. The van der Waals surface area contributed by atoms with Crippen LogP contribution in [0.5, 0.6) is 0 Å². The summed E-state index contributed by atoms with van der Waals surface area (Å²) in [5, 5.41) is 2.63. The molecule has 21 heavy (non-hydrogen) atoms. The molecule has 0 fully saturated rings. The first kappa shape index (κ1) is 15.3. The van der Waals surface area contributed by atoms with Gasteiger partial charge in [0, 0.05) is 4.47 Å². The van der Waals surface area contributed by atoms with E-state index in [1.165, 1.54) is 13.2 Å². The molecule has 0 saturated carbocycles. The van der Waals surface area contributed by atoms with Gasteiger partial charge in [0.1, 0.15) is 5.76 Å². The summed E-state index contributed by atoms with van der Waals surface area (Å²) in [7, 11) is 0. The van der Waals surface area contributed by atoms with Gasteiger partial charge in [0.05, 0.1) is 18.4 Å². The highest BCUT2D eigenvalue weighted by Crippen LogP contribution is 2.13. The van der Waals surface area contributed by atoms with Crippen molar-refractivity contribution in [2.45, 2.75) is 19.6 Å². The molecule has 0 radical (unpaired) electrons. The van der Waals surface area contributed by atoms with Crippen LogP contribution in [0.1, 0.15) is 23.0 Å². The lowest BCUT2D eigenvalue weighted by Gasteiger charge is -2.13. The Kier molecular flexibility index (Phi) is 5.16. The summed E-state index contributed by atoms with van der Waals surface area (Å²) >= 11 is 3.28. The lowest BCUT2D eigenvalue weighted by atomic mass is 10.2. The van der Waals surface area contributed by atoms with Gasteiger partial charge in [0.15, 0.2) is 6.10 Å². The SMILES string of the molecule is C[C@H](OC(=O)c1cccc(Br)c1)C(=O)NCc1ccco1. The summed E-state index contributed by atoms with van der Waals surface area (Å²) in [5.41, 5.74) is 0.384. The molecule has 2 rings (SSSR count). The normalized spacial score (nSPS) is 11.7. The van der Waals surface area contributed by atoms with Gasteiger partial charge in [0.25, 0.3) is 5.91 Å². The molecule has 1 amide bonds. The Balaban J connectivity index is 1.86. The lowest BCUT2D eigenvalue weighted by Crippen LogP contribution is -2.35. The first-order chi connectivity index (χ1) is 10.1. The van der Waals surface area contributed by atoms with Crippen LogP contribution in [-0.2, 0) is 16.1 Å². The number of carbonyl (C=O) groups is 2. The van der Waals surface area contributed by atoms with Gasteiger partial charge >= 0.3 is 5.97 Å². The van der Waals surface area contributed by atoms with Crippen LogP contribution < -0.4 is 5.32 Å². The number of rotatable bonds is 5. The number of esters is 1. The predicted molar refractivity (Wildman–Crippen MR) is 79.6 cm³/mol. The van der Waals surface area contributed by atoms with E-state index in [0.717, 1.165) is 4.47 Å². The molecule has 0 saturated heterocycles. The smallest absolute Gasteiger partial charge is 0.338 e. The third kappa shape index (κ3) is 4.46. The quantitative estimate of drug-likeness (QED) is 0.841. The largest absolute Gasteiger partial charge is 0.467 e. The third-order valence-electron chi connectivity index (χ3n) is 2.73. The van der Waals surface area contributed by atoms with E-state index in [1.54, 1.807) is 36.4 Å².